The number of aromatic hydroxyl groups is 1. The fourth-order valence-electron chi connectivity index (χ4n) is 10.6. The Morgan fingerprint density at radius 1 is 0.910 bits per heavy atom. The van der Waals surface area contributed by atoms with Crippen LogP contribution in [0, 0.1) is 5.41 Å². The zero-order valence-corrected chi connectivity index (χ0v) is 38.3. The molecule has 4 aromatic carbocycles. The number of carbonyl (C=O) groups is 4. The van der Waals surface area contributed by atoms with Gasteiger partial charge >= 0.3 is 11.9 Å². The number of nitrogens with zero attached hydrogens (tertiary/aromatic N) is 2. The Hall–Kier alpha value is -5.90. The number of hydrogen-bond acceptors (Lipinski definition) is 12. The maximum atomic E-state index is 15.9. The predicted molar refractivity (Wildman–Crippen MR) is 246 cm³/mol. The Morgan fingerprint density at radius 3 is 2.27 bits per heavy atom. The van der Waals surface area contributed by atoms with Crippen molar-refractivity contribution >= 4 is 29.8 Å². The van der Waals surface area contributed by atoms with Crippen LogP contribution in [0.5, 0.6) is 5.75 Å². The van der Waals surface area contributed by atoms with Gasteiger partial charge in [0.2, 0.25) is 11.8 Å². The molecule has 14 heteroatoms. The highest BCUT2D eigenvalue weighted by atomic mass is 16.8. The smallest absolute Gasteiger partial charge is 0.327 e. The molecule has 9 rings (SSSR count). The number of nitrogens with one attached hydrogen (secondary N) is 1. The van der Waals surface area contributed by atoms with Crippen LogP contribution < -0.4 is 5.32 Å². The molecule has 0 aromatic heterocycles. The van der Waals surface area contributed by atoms with Crippen molar-refractivity contribution in [1.82, 2.24) is 15.3 Å². The number of carbonyl (C=O) groups excluding carboxylic acids is 4. The van der Waals surface area contributed by atoms with Crippen molar-refractivity contribution in [3.05, 3.63) is 143 Å². The van der Waals surface area contributed by atoms with Crippen LogP contribution in [0.25, 0.3) is 6.08 Å². The van der Waals surface area contributed by atoms with Gasteiger partial charge in [0.1, 0.15) is 47.2 Å². The lowest BCUT2D eigenvalue weighted by molar-refractivity contribution is -0.218. The first-order valence-corrected chi connectivity index (χ1v) is 23.2. The van der Waals surface area contributed by atoms with Gasteiger partial charge in [-0.2, -0.15) is 5.06 Å². The highest BCUT2D eigenvalue weighted by Crippen LogP contribution is 2.59. The van der Waals surface area contributed by atoms with Crippen molar-refractivity contribution in [2.24, 2.45) is 5.41 Å². The van der Waals surface area contributed by atoms with E-state index in [0.29, 0.717) is 19.3 Å². The summed E-state index contributed by atoms with van der Waals surface area (Å²) in [6.45, 7) is 4.94. The number of rotatable bonds is 15. The molecular weight excluding hydrogens is 855 g/mol. The molecule has 3 heterocycles. The summed E-state index contributed by atoms with van der Waals surface area (Å²) in [5, 5.41) is 25.3. The van der Waals surface area contributed by atoms with Crippen molar-refractivity contribution in [3.8, 4) is 5.75 Å². The minimum absolute atomic E-state index is 0.0449. The molecule has 0 radical (unpaired) electrons. The molecule has 8 atom stereocenters. The van der Waals surface area contributed by atoms with Gasteiger partial charge in [0.05, 0.1) is 19.2 Å². The number of allylic oxidation sites excluding steroid dienone is 1. The molecule has 3 aliphatic heterocycles. The van der Waals surface area contributed by atoms with E-state index in [1.165, 1.54) is 4.90 Å². The number of esters is 2. The zero-order chi connectivity index (χ0) is 47.1. The first-order valence-electron chi connectivity index (χ1n) is 23.2. The lowest BCUT2D eigenvalue weighted by Crippen LogP contribution is -2.70. The number of phenols is 1. The van der Waals surface area contributed by atoms with Crippen LogP contribution in [-0.2, 0) is 75.2 Å². The van der Waals surface area contributed by atoms with Gasteiger partial charge in [-0.25, -0.2) is 0 Å². The Balaban J connectivity index is 1.05. The predicted octanol–water partition coefficient (Wildman–Crippen LogP) is 5.40. The molecule has 67 heavy (non-hydrogen) atoms. The van der Waals surface area contributed by atoms with E-state index in [9.17, 15) is 24.6 Å². The summed E-state index contributed by atoms with van der Waals surface area (Å²) >= 11 is 0. The van der Waals surface area contributed by atoms with Crippen LogP contribution in [0.4, 0.5) is 0 Å². The SMILES string of the molecule is CN(C(=O)[C@@]12C[C@H]3OC(=O)[C@@H]1N(Cc1ccccc1C=CCc1ccccc1O)O[C@@H]2[C@H]1OC2(Cc4ccccc4C2)O[C@H]13)[C@H](Cc1ccccc1)C(=O)N[C@H](CO)CCC(=O)OC(C)(C)C. The van der Waals surface area contributed by atoms with E-state index >= 15 is 4.79 Å². The first kappa shape index (κ1) is 46.2. The normalized spacial score (nSPS) is 25.6. The molecule has 1 spiro atoms. The van der Waals surface area contributed by atoms with E-state index in [0.717, 1.165) is 33.4 Å². The third-order valence-electron chi connectivity index (χ3n) is 13.7. The van der Waals surface area contributed by atoms with Crippen LogP contribution in [0.15, 0.2) is 109 Å². The summed E-state index contributed by atoms with van der Waals surface area (Å²) in [6, 6.07) is 29.1. The topological polar surface area (TPSA) is 173 Å². The van der Waals surface area contributed by atoms with Gasteiger partial charge in [-0.05, 0) is 73.1 Å². The summed E-state index contributed by atoms with van der Waals surface area (Å²) in [7, 11) is 1.56. The molecule has 4 fully saturated rings. The number of benzene rings is 4. The second-order valence-electron chi connectivity index (χ2n) is 19.5. The molecule has 1 saturated carbocycles. The van der Waals surface area contributed by atoms with Gasteiger partial charge in [0, 0.05) is 39.2 Å². The summed E-state index contributed by atoms with van der Waals surface area (Å²) in [4.78, 5) is 66.2. The highest BCUT2D eigenvalue weighted by Gasteiger charge is 2.77. The molecule has 2 amide bonds. The third kappa shape index (κ3) is 9.25. The third-order valence-corrected chi connectivity index (χ3v) is 13.7. The number of likely N-dealkylation sites (N-methyl/N-ethyl adjacent to an activating group) is 1. The maximum Gasteiger partial charge on any atom is 0.327 e. The zero-order valence-electron chi connectivity index (χ0n) is 38.3. The number of amides is 2. The minimum atomic E-state index is -1.59. The number of phenolic OH excluding ortho intramolecular Hbond substituents is 1. The number of aliphatic hydroxyl groups excluding tert-OH is 1. The summed E-state index contributed by atoms with van der Waals surface area (Å²) in [6.07, 6.45) is 2.12. The second kappa shape index (κ2) is 18.6. The fraction of sp³-hybridized carbons (Fsp3) is 0.434. The standard InChI is InChI=1S/C53H59N3O11/c1-51(2,3)64-43(59)26-25-39(32-57)54-48(60)40(27-33-15-6-5-7-16-33)55(4)50(62)53-30-42-44-45(66-52(65-44)28-36-19-9-10-20-37(36)29-52)47(53)67-56(46(53)49(61)63-42)31-38-21-11-8-17-34(38)22-14-23-35-18-12-13-24-41(35)58/h5-22,24,39-40,42,44-47,57-58H,23,25-32H2,1-4H3,(H,54,60)/t39-,40+,42+,44-,45-,46-,47+,53-/m0/s1. The molecule has 2 aliphatic carbocycles. The maximum absolute atomic E-state index is 15.9. The minimum Gasteiger partial charge on any atom is -0.508 e. The molecule has 14 nitrogen and oxygen atoms in total. The molecule has 5 aliphatic rings. The van der Waals surface area contributed by atoms with Crippen LogP contribution in [0.2, 0.25) is 0 Å². The first-order chi connectivity index (χ1) is 32.2. The number of hydroxylamine groups is 2. The molecule has 3 N–H and O–H groups in total. The molecule has 3 saturated heterocycles. The van der Waals surface area contributed by atoms with E-state index in [1.54, 1.807) is 45.0 Å². The number of aliphatic hydroxyl groups is 1. The van der Waals surface area contributed by atoms with E-state index < -0.39 is 89.7 Å². The molecule has 2 bridgehead atoms. The monoisotopic (exact) mass is 913 g/mol. The van der Waals surface area contributed by atoms with Crippen LogP contribution >= 0.6 is 0 Å². The Labute approximate surface area is 390 Å². The van der Waals surface area contributed by atoms with E-state index in [1.807, 2.05) is 103 Å². The van der Waals surface area contributed by atoms with E-state index in [-0.39, 0.29) is 38.0 Å². The van der Waals surface area contributed by atoms with E-state index in [4.69, 9.17) is 23.8 Å². The van der Waals surface area contributed by atoms with Crippen molar-refractivity contribution in [2.75, 3.05) is 13.7 Å². The van der Waals surface area contributed by atoms with Gasteiger partial charge in [0.25, 0.3) is 0 Å². The van der Waals surface area contributed by atoms with Gasteiger partial charge in [-0.3, -0.25) is 24.0 Å². The fourth-order valence-corrected chi connectivity index (χ4v) is 10.6. The molecular formula is C53H59N3O11. The van der Waals surface area contributed by atoms with Crippen molar-refractivity contribution in [2.45, 2.75) is 126 Å². The molecule has 4 aromatic rings. The van der Waals surface area contributed by atoms with Gasteiger partial charge in [0.15, 0.2) is 11.8 Å². The molecule has 0 unspecified atom stereocenters. The molecule has 352 valence electrons. The number of fused-ring (bicyclic) bond motifs is 5. The lowest BCUT2D eigenvalue weighted by Gasteiger charge is -2.50. The lowest BCUT2D eigenvalue weighted by atomic mass is 9.62. The number of hydrogen-bond donors (Lipinski definition) is 3. The average Bonchev–Trinajstić information content (AvgIpc) is 3.98. The summed E-state index contributed by atoms with van der Waals surface area (Å²) < 4.78 is 25.6. The average molecular weight is 914 g/mol. The number of ether oxygens (including phenoxy) is 4. The van der Waals surface area contributed by atoms with Crippen molar-refractivity contribution in [3.63, 3.8) is 0 Å². The van der Waals surface area contributed by atoms with Crippen LogP contribution in [0.3, 0.4) is 0 Å². The van der Waals surface area contributed by atoms with E-state index in [2.05, 4.69) is 5.32 Å². The highest BCUT2D eigenvalue weighted by molar-refractivity contribution is 5.96. The Kier molecular flexibility index (Phi) is 12.9. The van der Waals surface area contributed by atoms with Crippen molar-refractivity contribution < 1.29 is 53.2 Å². The van der Waals surface area contributed by atoms with Gasteiger partial charge in [-0.1, -0.05) is 109 Å². The quantitative estimate of drug-likeness (QED) is 0.130. The second-order valence-corrected chi connectivity index (χ2v) is 19.5. The summed E-state index contributed by atoms with van der Waals surface area (Å²) in [5.41, 5.74) is 3.10. The van der Waals surface area contributed by atoms with Crippen LogP contribution in [0.1, 0.15) is 73.4 Å². The Morgan fingerprint density at radius 2 is 1.57 bits per heavy atom. The largest absolute Gasteiger partial charge is 0.508 e. The van der Waals surface area contributed by atoms with Gasteiger partial charge in [-0.15, -0.1) is 0 Å². The summed E-state index contributed by atoms with van der Waals surface area (Å²) in [5.74, 6) is -3.00. The number of para-hydroxylation sites is 1. The van der Waals surface area contributed by atoms with Gasteiger partial charge < -0.3 is 39.4 Å². The van der Waals surface area contributed by atoms with Crippen LogP contribution in [-0.4, -0.2) is 112 Å². The Bertz CT molecular complexity index is 2500. The van der Waals surface area contributed by atoms with Crippen molar-refractivity contribution in [1.29, 1.82) is 0 Å².